The number of thioether (sulfide) groups is 1. The summed E-state index contributed by atoms with van der Waals surface area (Å²) in [5.74, 6) is 0.131. The number of aromatic nitrogens is 2. The van der Waals surface area contributed by atoms with E-state index in [2.05, 4.69) is 15.3 Å². The number of ether oxygens (including phenoxy) is 1. The van der Waals surface area contributed by atoms with Gasteiger partial charge < -0.3 is 15.0 Å². The number of likely N-dealkylation sites (N-methyl/N-ethyl adjacent to an activating group) is 1. The number of carbonyl (C=O) groups excluding carboxylic acids is 1. The SMILES string of the molecule is CCNC(CSc1nc(C)cc(=O)[nH]1)C(=O)OC. The molecule has 2 N–H and O–H groups in total. The van der Waals surface area contributed by atoms with Gasteiger partial charge in [0.25, 0.3) is 5.56 Å². The second kappa shape index (κ2) is 7.17. The third-order valence-electron chi connectivity index (χ3n) is 2.17. The first kappa shape index (κ1) is 14.7. The summed E-state index contributed by atoms with van der Waals surface area (Å²) in [6.07, 6.45) is 0. The lowest BCUT2D eigenvalue weighted by Crippen LogP contribution is -2.39. The van der Waals surface area contributed by atoms with Crippen LogP contribution in [-0.2, 0) is 9.53 Å². The lowest BCUT2D eigenvalue weighted by Gasteiger charge is -2.14. The highest BCUT2D eigenvalue weighted by Gasteiger charge is 2.18. The van der Waals surface area contributed by atoms with Crippen molar-refractivity contribution in [3.63, 3.8) is 0 Å². The lowest BCUT2D eigenvalue weighted by molar-refractivity contribution is -0.142. The van der Waals surface area contributed by atoms with Crippen LogP contribution in [0.15, 0.2) is 16.0 Å². The largest absolute Gasteiger partial charge is 0.468 e. The van der Waals surface area contributed by atoms with Crippen LogP contribution in [0.5, 0.6) is 0 Å². The van der Waals surface area contributed by atoms with Crippen LogP contribution in [0.25, 0.3) is 0 Å². The molecule has 1 aromatic heterocycles. The summed E-state index contributed by atoms with van der Waals surface area (Å²) in [6, 6.07) is 1.02. The molecule has 1 unspecified atom stereocenters. The summed E-state index contributed by atoms with van der Waals surface area (Å²) in [5, 5.41) is 3.52. The molecule has 1 rings (SSSR count). The van der Waals surface area contributed by atoms with Gasteiger partial charge in [-0.25, -0.2) is 4.98 Å². The average Bonchev–Trinajstić information content (AvgIpc) is 2.32. The van der Waals surface area contributed by atoms with Gasteiger partial charge in [0.05, 0.1) is 7.11 Å². The zero-order valence-corrected chi connectivity index (χ0v) is 11.5. The zero-order valence-electron chi connectivity index (χ0n) is 10.6. The monoisotopic (exact) mass is 271 g/mol. The Labute approximate surface area is 110 Å². The van der Waals surface area contributed by atoms with E-state index >= 15 is 0 Å². The highest BCUT2D eigenvalue weighted by Crippen LogP contribution is 2.13. The van der Waals surface area contributed by atoms with Gasteiger partial charge in [-0.05, 0) is 13.5 Å². The molecule has 0 aliphatic rings. The summed E-state index contributed by atoms with van der Waals surface area (Å²) in [7, 11) is 1.35. The molecular weight excluding hydrogens is 254 g/mol. The summed E-state index contributed by atoms with van der Waals surface area (Å²) < 4.78 is 4.69. The Morgan fingerprint density at radius 2 is 2.39 bits per heavy atom. The zero-order chi connectivity index (χ0) is 13.5. The standard InChI is InChI=1S/C11H17N3O3S/c1-4-12-8(10(16)17-3)6-18-11-13-7(2)5-9(15)14-11/h5,8,12H,4,6H2,1-3H3,(H,13,14,15). The first-order valence-electron chi connectivity index (χ1n) is 5.58. The van der Waals surface area contributed by atoms with E-state index in [0.29, 0.717) is 23.1 Å². The van der Waals surface area contributed by atoms with Crippen LogP contribution in [0.2, 0.25) is 0 Å². The average molecular weight is 271 g/mol. The molecule has 0 aliphatic carbocycles. The number of aryl methyl sites for hydroxylation is 1. The maximum atomic E-state index is 11.5. The number of nitrogens with one attached hydrogen (secondary N) is 2. The van der Waals surface area contributed by atoms with Crippen molar-refractivity contribution in [1.29, 1.82) is 0 Å². The Bertz CT molecular complexity index is 461. The van der Waals surface area contributed by atoms with Crippen molar-refractivity contribution < 1.29 is 9.53 Å². The van der Waals surface area contributed by atoms with Gasteiger partial charge in [-0.2, -0.15) is 0 Å². The fourth-order valence-corrected chi connectivity index (χ4v) is 2.34. The molecule has 1 heterocycles. The molecule has 6 nitrogen and oxygen atoms in total. The van der Waals surface area contributed by atoms with Crippen LogP contribution in [0.3, 0.4) is 0 Å². The van der Waals surface area contributed by atoms with Gasteiger partial charge in [-0.3, -0.25) is 9.59 Å². The summed E-state index contributed by atoms with van der Waals surface area (Å²) >= 11 is 1.31. The number of rotatable bonds is 6. The van der Waals surface area contributed by atoms with Gasteiger partial charge >= 0.3 is 5.97 Å². The number of H-pyrrole nitrogens is 1. The van der Waals surface area contributed by atoms with Gasteiger partial charge in [0.2, 0.25) is 0 Å². The van der Waals surface area contributed by atoms with E-state index < -0.39 is 6.04 Å². The first-order chi connectivity index (χ1) is 8.56. The van der Waals surface area contributed by atoms with Crippen molar-refractivity contribution in [3.05, 3.63) is 22.1 Å². The summed E-state index contributed by atoms with van der Waals surface area (Å²) in [6.45, 7) is 4.33. The molecule has 1 atom stereocenters. The van der Waals surface area contributed by atoms with Gasteiger partial charge in [0.15, 0.2) is 5.16 Å². The number of methoxy groups -OCH3 is 1. The summed E-state index contributed by atoms with van der Waals surface area (Å²) in [4.78, 5) is 29.5. The Morgan fingerprint density at radius 1 is 1.67 bits per heavy atom. The molecule has 0 saturated heterocycles. The van der Waals surface area contributed by atoms with Crippen LogP contribution in [0.4, 0.5) is 0 Å². The minimum atomic E-state index is -0.407. The molecule has 0 spiro atoms. The van der Waals surface area contributed by atoms with Crippen molar-refractivity contribution >= 4 is 17.7 Å². The topological polar surface area (TPSA) is 84.1 Å². The molecule has 0 fully saturated rings. The van der Waals surface area contributed by atoms with Crippen LogP contribution < -0.4 is 10.9 Å². The predicted molar refractivity (Wildman–Crippen MR) is 69.8 cm³/mol. The van der Waals surface area contributed by atoms with Crippen LogP contribution >= 0.6 is 11.8 Å². The molecule has 0 saturated carbocycles. The Kier molecular flexibility index (Phi) is 5.87. The molecule has 18 heavy (non-hydrogen) atoms. The summed E-state index contributed by atoms with van der Waals surface area (Å²) in [5.41, 5.74) is 0.461. The van der Waals surface area contributed by atoms with Crippen molar-refractivity contribution in [2.75, 3.05) is 19.4 Å². The van der Waals surface area contributed by atoms with Crippen LogP contribution in [0.1, 0.15) is 12.6 Å². The molecule has 0 aromatic carbocycles. The van der Waals surface area contributed by atoms with Gasteiger partial charge in [-0.15, -0.1) is 0 Å². The van der Waals surface area contributed by atoms with E-state index in [-0.39, 0.29) is 11.5 Å². The predicted octanol–water partition coefficient (Wildman–Crippen LogP) is 0.322. The van der Waals surface area contributed by atoms with E-state index in [1.165, 1.54) is 24.9 Å². The smallest absolute Gasteiger partial charge is 0.323 e. The third-order valence-corrected chi connectivity index (χ3v) is 3.14. The lowest BCUT2D eigenvalue weighted by atomic mass is 10.3. The van der Waals surface area contributed by atoms with Crippen molar-refractivity contribution in [1.82, 2.24) is 15.3 Å². The number of esters is 1. The fraction of sp³-hybridized carbons (Fsp3) is 0.545. The number of carbonyl (C=O) groups is 1. The van der Waals surface area contributed by atoms with E-state index in [9.17, 15) is 9.59 Å². The second-order valence-corrected chi connectivity index (χ2v) is 4.65. The quantitative estimate of drug-likeness (QED) is 0.440. The van der Waals surface area contributed by atoms with Gasteiger partial charge in [0, 0.05) is 17.5 Å². The highest BCUT2D eigenvalue weighted by molar-refractivity contribution is 7.99. The van der Waals surface area contributed by atoms with E-state index in [1.54, 1.807) is 6.92 Å². The second-order valence-electron chi connectivity index (χ2n) is 3.64. The fourth-order valence-electron chi connectivity index (χ4n) is 1.38. The molecule has 7 heteroatoms. The molecule has 0 radical (unpaired) electrons. The van der Waals surface area contributed by atoms with Crippen molar-refractivity contribution in [2.24, 2.45) is 0 Å². The van der Waals surface area contributed by atoms with E-state index in [1.807, 2.05) is 6.92 Å². The minimum Gasteiger partial charge on any atom is -0.468 e. The van der Waals surface area contributed by atoms with Gasteiger partial charge in [0.1, 0.15) is 6.04 Å². The molecular formula is C11H17N3O3S. The van der Waals surface area contributed by atoms with Crippen LogP contribution in [-0.4, -0.2) is 41.4 Å². The Hall–Kier alpha value is -1.34. The third kappa shape index (κ3) is 4.50. The maximum Gasteiger partial charge on any atom is 0.323 e. The van der Waals surface area contributed by atoms with E-state index in [0.717, 1.165) is 0 Å². The number of hydrogen-bond acceptors (Lipinski definition) is 6. The Balaban J connectivity index is 2.66. The first-order valence-corrected chi connectivity index (χ1v) is 6.57. The molecule has 0 amide bonds. The molecule has 0 aliphatic heterocycles. The number of hydrogen-bond donors (Lipinski definition) is 2. The van der Waals surface area contributed by atoms with Crippen molar-refractivity contribution in [2.45, 2.75) is 25.0 Å². The maximum absolute atomic E-state index is 11.5. The molecule has 100 valence electrons. The molecule has 1 aromatic rings. The van der Waals surface area contributed by atoms with Crippen molar-refractivity contribution in [3.8, 4) is 0 Å². The van der Waals surface area contributed by atoms with E-state index in [4.69, 9.17) is 4.74 Å². The molecule has 0 bridgehead atoms. The normalized spacial score (nSPS) is 12.2. The Morgan fingerprint density at radius 3 is 2.94 bits per heavy atom. The minimum absolute atomic E-state index is 0.192. The van der Waals surface area contributed by atoms with Crippen LogP contribution in [0, 0.1) is 6.92 Å². The van der Waals surface area contributed by atoms with Gasteiger partial charge in [-0.1, -0.05) is 18.7 Å². The number of aromatic amines is 1. The highest BCUT2D eigenvalue weighted by atomic mass is 32.2. The number of nitrogens with zero attached hydrogens (tertiary/aromatic N) is 1.